The molecule has 1 saturated heterocycles. The molecule has 41 heavy (non-hydrogen) atoms. The van der Waals surface area contributed by atoms with Crippen LogP contribution in [0, 0.1) is 15.9 Å². The summed E-state index contributed by atoms with van der Waals surface area (Å²) in [6.07, 6.45) is 16.7. The van der Waals surface area contributed by atoms with E-state index < -0.39 is 34.2 Å². The number of likely N-dealkylation sites (tertiary alicyclic amines) is 1. The van der Waals surface area contributed by atoms with Crippen molar-refractivity contribution in [2.45, 2.75) is 103 Å². The molecule has 3 rings (SSSR count). The number of halogens is 1. The van der Waals surface area contributed by atoms with Crippen molar-refractivity contribution in [1.82, 2.24) is 4.90 Å². The van der Waals surface area contributed by atoms with E-state index in [2.05, 4.69) is 6.92 Å². The number of ketones is 1. The zero-order valence-corrected chi connectivity index (χ0v) is 24.2. The molecule has 0 saturated carbocycles. The van der Waals surface area contributed by atoms with Crippen LogP contribution in [0.2, 0.25) is 0 Å². The fourth-order valence-electron chi connectivity index (χ4n) is 5.50. The molecule has 0 radical (unpaired) electrons. The van der Waals surface area contributed by atoms with Crippen LogP contribution in [0.1, 0.15) is 114 Å². The Morgan fingerprint density at radius 3 is 1.85 bits per heavy atom. The molecule has 222 valence electrons. The molecule has 0 aromatic heterocycles. The van der Waals surface area contributed by atoms with E-state index in [1.165, 1.54) is 112 Å². The van der Waals surface area contributed by atoms with Gasteiger partial charge >= 0.3 is 0 Å². The minimum absolute atomic E-state index is 0.125. The fourth-order valence-corrected chi connectivity index (χ4v) is 5.50. The van der Waals surface area contributed by atoms with Gasteiger partial charge in [-0.2, -0.15) is 0 Å². The van der Waals surface area contributed by atoms with Crippen molar-refractivity contribution in [3.8, 4) is 0 Å². The number of nitrogens with zero attached hydrogens (tertiary/aromatic N) is 2. The second-order valence-electron chi connectivity index (χ2n) is 10.9. The number of carbonyl (C=O) groups is 2. The Bertz CT molecular complexity index is 1190. The molecule has 1 N–H and O–H groups in total. The highest BCUT2D eigenvalue weighted by molar-refractivity contribution is 6.46. The summed E-state index contributed by atoms with van der Waals surface area (Å²) in [5.74, 6) is -2.73. The average Bonchev–Trinajstić information content (AvgIpc) is 3.22. The first kappa shape index (κ1) is 32.0. The van der Waals surface area contributed by atoms with Crippen molar-refractivity contribution in [2.75, 3.05) is 6.54 Å². The number of non-ortho nitro benzene ring substituents is 1. The van der Waals surface area contributed by atoms with Crippen molar-refractivity contribution >= 4 is 23.1 Å². The topological polar surface area (TPSA) is 101 Å². The number of carbonyl (C=O) groups excluding carboxylic acids is 2. The van der Waals surface area contributed by atoms with E-state index in [0.29, 0.717) is 6.42 Å². The molecule has 1 atom stereocenters. The zero-order valence-electron chi connectivity index (χ0n) is 24.2. The Hall–Kier alpha value is -3.55. The van der Waals surface area contributed by atoms with Crippen LogP contribution in [-0.4, -0.2) is 33.2 Å². The van der Waals surface area contributed by atoms with Gasteiger partial charge in [-0.1, -0.05) is 109 Å². The van der Waals surface area contributed by atoms with Gasteiger partial charge in [-0.15, -0.1) is 0 Å². The molecule has 0 aliphatic carbocycles. The number of Topliss-reactive ketones (excluding diaryl/α,β-unsaturated/α-hetero) is 1. The second kappa shape index (κ2) is 16.7. The van der Waals surface area contributed by atoms with Crippen LogP contribution >= 0.6 is 0 Å². The van der Waals surface area contributed by atoms with Gasteiger partial charge in [0.15, 0.2) is 0 Å². The summed E-state index contributed by atoms with van der Waals surface area (Å²) in [4.78, 5) is 38.0. The third-order valence-corrected chi connectivity index (χ3v) is 7.84. The lowest BCUT2D eigenvalue weighted by Gasteiger charge is -2.25. The molecule has 1 amide bonds. The lowest BCUT2D eigenvalue weighted by atomic mass is 9.94. The van der Waals surface area contributed by atoms with Gasteiger partial charge in [-0.05, 0) is 24.6 Å². The molecule has 7 nitrogen and oxygen atoms in total. The van der Waals surface area contributed by atoms with Gasteiger partial charge < -0.3 is 10.0 Å². The van der Waals surface area contributed by atoms with Gasteiger partial charge in [0, 0.05) is 29.8 Å². The minimum Gasteiger partial charge on any atom is -0.507 e. The van der Waals surface area contributed by atoms with E-state index in [4.69, 9.17) is 0 Å². The maximum atomic E-state index is 14.9. The number of hydrogen-bond donors (Lipinski definition) is 1. The molecule has 8 heteroatoms. The molecule has 0 spiro atoms. The van der Waals surface area contributed by atoms with Crippen LogP contribution in [0.4, 0.5) is 10.1 Å². The standard InChI is InChI=1S/C33H43FN2O5/c1-2-3-4-5-6-7-8-9-10-11-12-13-14-17-24-35-30(27-18-15-16-19-28(27)34)29(32(38)33(35)39)31(37)25-20-22-26(23-21-25)36(40)41/h15-16,18-23,30,37H,2-14,17,24H2,1H3/t30-/m0/s1. The van der Waals surface area contributed by atoms with Crippen molar-refractivity contribution in [3.05, 3.63) is 81.2 Å². The highest BCUT2D eigenvalue weighted by atomic mass is 19.1. The largest absolute Gasteiger partial charge is 0.507 e. The second-order valence-corrected chi connectivity index (χ2v) is 10.9. The lowest BCUT2D eigenvalue weighted by Crippen LogP contribution is -2.31. The molecular formula is C33H43FN2O5. The Morgan fingerprint density at radius 1 is 0.829 bits per heavy atom. The first-order valence-electron chi connectivity index (χ1n) is 15.1. The maximum Gasteiger partial charge on any atom is 0.295 e. The first-order valence-corrected chi connectivity index (χ1v) is 15.1. The summed E-state index contributed by atoms with van der Waals surface area (Å²) < 4.78 is 14.9. The van der Waals surface area contributed by atoms with E-state index in [0.717, 1.165) is 19.3 Å². The Kier molecular flexibility index (Phi) is 13.0. The third kappa shape index (κ3) is 8.97. The van der Waals surface area contributed by atoms with Crippen molar-refractivity contribution < 1.29 is 24.0 Å². The number of nitro groups is 1. The molecule has 0 bridgehead atoms. The van der Waals surface area contributed by atoms with Crippen LogP contribution in [0.5, 0.6) is 0 Å². The molecule has 1 heterocycles. The maximum absolute atomic E-state index is 14.9. The summed E-state index contributed by atoms with van der Waals surface area (Å²) >= 11 is 0. The van der Waals surface area contributed by atoms with Crippen LogP contribution in [0.25, 0.3) is 5.76 Å². The summed E-state index contributed by atoms with van der Waals surface area (Å²) in [6, 6.07) is 9.87. The Morgan fingerprint density at radius 2 is 1.34 bits per heavy atom. The van der Waals surface area contributed by atoms with Crippen LogP contribution in [0.15, 0.2) is 54.1 Å². The molecule has 1 aliphatic rings. The molecular weight excluding hydrogens is 523 g/mol. The van der Waals surface area contributed by atoms with E-state index in [9.17, 15) is 29.2 Å². The average molecular weight is 567 g/mol. The SMILES string of the molecule is CCCCCCCCCCCCCCCCN1C(=O)C(=O)C(=C(O)c2ccc([N+](=O)[O-])cc2)[C@@H]1c1ccccc1F. The van der Waals surface area contributed by atoms with Crippen molar-refractivity contribution in [1.29, 1.82) is 0 Å². The van der Waals surface area contributed by atoms with Crippen LogP contribution in [0.3, 0.4) is 0 Å². The first-order chi connectivity index (χ1) is 19.9. The predicted molar refractivity (Wildman–Crippen MR) is 159 cm³/mol. The highest BCUT2D eigenvalue weighted by Gasteiger charge is 2.46. The summed E-state index contributed by atoms with van der Waals surface area (Å²) in [5.41, 5.74) is -0.114. The number of unbranched alkanes of at least 4 members (excludes halogenated alkanes) is 13. The summed E-state index contributed by atoms with van der Waals surface area (Å²) in [7, 11) is 0. The van der Waals surface area contributed by atoms with E-state index in [1.807, 2.05) is 0 Å². The number of nitro benzene ring substituents is 1. The number of rotatable bonds is 18. The van der Waals surface area contributed by atoms with E-state index in [1.54, 1.807) is 6.07 Å². The van der Waals surface area contributed by atoms with Crippen molar-refractivity contribution in [2.24, 2.45) is 0 Å². The smallest absolute Gasteiger partial charge is 0.295 e. The van der Waals surface area contributed by atoms with E-state index in [-0.39, 0.29) is 28.9 Å². The molecule has 2 aromatic carbocycles. The van der Waals surface area contributed by atoms with Gasteiger partial charge in [-0.3, -0.25) is 19.7 Å². The van der Waals surface area contributed by atoms with Gasteiger partial charge in [0.25, 0.3) is 17.4 Å². The van der Waals surface area contributed by atoms with Gasteiger partial charge in [-0.25, -0.2) is 4.39 Å². The Balaban J connectivity index is 1.58. The minimum atomic E-state index is -1.08. The summed E-state index contributed by atoms with van der Waals surface area (Å²) in [5, 5.41) is 22.1. The Labute approximate surface area is 242 Å². The fraction of sp³-hybridized carbons (Fsp3) is 0.515. The molecule has 2 aromatic rings. The molecule has 0 unspecified atom stereocenters. The third-order valence-electron chi connectivity index (χ3n) is 7.84. The number of amides is 1. The van der Waals surface area contributed by atoms with Crippen LogP contribution < -0.4 is 0 Å². The lowest BCUT2D eigenvalue weighted by molar-refractivity contribution is -0.384. The van der Waals surface area contributed by atoms with E-state index >= 15 is 0 Å². The molecule has 1 aliphatic heterocycles. The van der Waals surface area contributed by atoms with Gasteiger partial charge in [0.1, 0.15) is 11.6 Å². The number of aliphatic hydroxyl groups excluding tert-OH is 1. The predicted octanol–water partition coefficient (Wildman–Crippen LogP) is 8.64. The zero-order chi connectivity index (χ0) is 29.6. The van der Waals surface area contributed by atoms with Gasteiger partial charge in [0.05, 0.1) is 16.5 Å². The summed E-state index contributed by atoms with van der Waals surface area (Å²) in [6.45, 7) is 2.50. The van der Waals surface area contributed by atoms with Crippen molar-refractivity contribution in [3.63, 3.8) is 0 Å². The number of aliphatic hydroxyl groups is 1. The number of benzene rings is 2. The number of hydrogen-bond acceptors (Lipinski definition) is 5. The highest BCUT2D eigenvalue weighted by Crippen LogP contribution is 2.40. The van der Waals surface area contributed by atoms with Gasteiger partial charge in [0.2, 0.25) is 0 Å². The monoisotopic (exact) mass is 566 g/mol. The quantitative estimate of drug-likeness (QED) is 0.0486. The van der Waals surface area contributed by atoms with Crippen LogP contribution in [-0.2, 0) is 9.59 Å². The normalized spacial score (nSPS) is 16.4. The molecule has 1 fully saturated rings.